The Bertz CT molecular complexity index is 822. The Labute approximate surface area is 144 Å². The van der Waals surface area contributed by atoms with E-state index in [9.17, 15) is 0 Å². The average Bonchev–Trinajstić information content (AvgIpc) is 3.10. The molecule has 7 heteroatoms. The molecule has 3 rings (SSSR count). The molecule has 2 aromatic carbocycles. The molecule has 0 saturated heterocycles. The van der Waals surface area contributed by atoms with Gasteiger partial charge in [-0.2, -0.15) is 0 Å². The summed E-state index contributed by atoms with van der Waals surface area (Å²) in [6, 6.07) is 11.1. The predicted octanol–water partition coefficient (Wildman–Crippen LogP) is 3.61. The van der Waals surface area contributed by atoms with Crippen LogP contribution in [0.15, 0.2) is 42.6 Å². The number of hydrogen-bond donors (Lipinski definition) is 0. The topological polar surface area (TPSA) is 58.4 Å². The first-order valence-electron chi connectivity index (χ1n) is 7.15. The van der Waals surface area contributed by atoms with Gasteiger partial charge in [-0.15, -0.1) is 5.10 Å². The molecule has 3 aromatic rings. The fraction of sp³-hybridized carbons (Fsp3) is 0.176. The highest BCUT2D eigenvalue weighted by molar-refractivity contribution is 6.30. The van der Waals surface area contributed by atoms with E-state index in [4.69, 9.17) is 25.8 Å². The largest absolute Gasteiger partial charge is 0.493 e. The lowest BCUT2D eigenvalue weighted by Crippen LogP contribution is -2.00. The van der Waals surface area contributed by atoms with Crippen molar-refractivity contribution >= 4 is 11.6 Å². The van der Waals surface area contributed by atoms with Gasteiger partial charge in [-0.05, 0) is 36.4 Å². The number of hydrogen-bond acceptors (Lipinski definition) is 5. The van der Waals surface area contributed by atoms with Gasteiger partial charge in [0.25, 0.3) is 0 Å². The van der Waals surface area contributed by atoms with Gasteiger partial charge in [0, 0.05) is 10.6 Å². The quantitative estimate of drug-likeness (QED) is 0.707. The normalized spacial score (nSPS) is 10.5. The molecule has 1 heterocycles. The second-order valence-corrected chi connectivity index (χ2v) is 5.36. The Morgan fingerprint density at radius 1 is 0.917 bits per heavy atom. The molecule has 0 saturated carbocycles. The minimum atomic E-state index is 0.536. The summed E-state index contributed by atoms with van der Waals surface area (Å²) < 4.78 is 17.9. The van der Waals surface area contributed by atoms with Crippen molar-refractivity contribution in [2.45, 2.75) is 0 Å². The van der Waals surface area contributed by atoms with E-state index in [-0.39, 0.29) is 0 Å². The van der Waals surface area contributed by atoms with Gasteiger partial charge in [0.1, 0.15) is 0 Å². The van der Waals surface area contributed by atoms with E-state index in [1.165, 1.54) is 0 Å². The number of ether oxygens (including phenoxy) is 3. The molecule has 124 valence electrons. The third kappa shape index (κ3) is 2.88. The Morgan fingerprint density at radius 2 is 1.54 bits per heavy atom. The third-order valence-electron chi connectivity index (χ3n) is 3.58. The van der Waals surface area contributed by atoms with Crippen LogP contribution in [-0.4, -0.2) is 36.3 Å². The summed E-state index contributed by atoms with van der Waals surface area (Å²) >= 11 is 5.95. The van der Waals surface area contributed by atoms with Crippen LogP contribution in [0.5, 0.6) is 17.2 Å². The van der Waals surface area contributed by atoms with Crippen molar-refractivity contribution in [3.8, 4) is 34.2 Å². The molecule has 0 N–H and O–H groups in total. The smallest absolute Gasteiger partial charge is 0.203 e. The van der Waals surface area contributed by atoms with E-state index >= 15 is 0 Å². The summed E-state index contributed by atoms with van der Waals surface area (Å²) in [6.07, 6.45) is 1.68. The van der Waals surface area contributed by atoms with Crippen LogP contribution >= 0.6 is 11.6 Å². The minimum Gasteiger partial charge on any atom is -0.493 e. The Morgan fingerprint density at radius 3 is 2.08 bits per heavy atom. The predicted molar refractivity (Wildman–Crippen MR) is 91.5 cm³/mol. The zero-order valence-corrected chi connectivity index (χ0v) is 14.2. The van der Waals surface area contributed by atoms with Gasteiger partial charge in [-0.25, -0.2) is 4.68 Å². The number of nitrogens with zero attached hydrogens (tertiary/aromatic N) is 3. The van der Waals surface area contributed by atoms with Crippen molar-refractivity contribution in [2.24, 2.45) is 0 Å². The van der Waals surface area contributed by atoms with Gasteiger partial charge in [0.15, 0.2) is 11.5 Å². The van der Waals surface area contributed by atoms with Crippen molar-refractivity contribution in [3.63, 3.8) is 0 Å². The summed E-state index contributed by atoms with van der Waals surface area (Å²) in [5, 5.41) is 8.84. The van der Waals surface area contributed by atoms with Crippen molar-refractivity contribution < 1.29 is 14.2 Å². The summed E-state index contributed by atoms with van der Waals surface area (Å²) in [6.45, 7) is 0. The van der Waals surface area contributed by atoms with E-state index < -0.39 is 0 Å². The molecule has 0 atom stereocenters. The van der Waals surface area contributed by atoms with Crippen LogP contribution in [0.2, 0.25) is 5.02 Å². The van der Waals surface area contributed by atoms with Crippen LogP contribution in [0.3, 0.4) is 0 Å². The molecular formula is C17H16ClN3O3. The maximum absolute atomic E-state index is 5.95. The fourth-order valence-corrected chi connectivity index (χ4v) is 2.56. The molecule has 1 aromatic heterocycles. The van der Waals surface area contributed by atoms with Crippen molar-refractivity contribution in [2.75, 3.05) is 21.3 Å². The lowest BCUT2D eigenvalue weighted by atomic mass is 10.1. The third-order valence-corrected chi connectivity index (χ3v) is 3.83. The Hall–Kier alpha value is -2.73. The number of methoxy groups -OCH3 is 3. The molecule has 0 amide bonds. The minimum absolute atomic E-state index is 0.536. The Kier molecular flexibility index (Phi) is 4.57. The zero-order chi connectivity index (χ0) is 17.1. The van der Waals surface area contributed by atoms with Crippen LogP contribution < -0.4 is 14.2 Å². The summed E-state index contributed by atoms with van der Waals surface area (Å²) in [5.41, 5.74) is 2.47. The van der Waals surface area contributed by atoms with Crippen molar-refractivity contribution in [1.82, 2.24) is 15.0 Å². The van der Waals surface area contributed by atoms with Crippen LogP contribution in [0, 0.1) is 0 Å². The molecule has 0 aliphatic heterocycles. The highest BCUT2D eigenvalue weighted by Crippen LogP contribution is 2.41. The standard InChI is InChI=1S/C17H16ClN3O3/c1-22-15-8-11(9-16(23-2)17(15)24-3)14-10-19-20-21(14)13-6-4-12(18)5-7-13/h4-10H,1-3H3. The molecule has 0 unspecified atom stereocenters. The molecule has 24 heavy (non-hydrogen) atoms. The van der Waals surface area contributed by atoms with Gasteiger partial charge < -0.3 is 14.2 Å². The zero-order valence-electron chi connectivity index (χ0n) is 13.5. The first-order valence-corrected chi connectivity index (χ1v) is 7.52. The highest BCUT2D eigenvalue weighted by Gasteiger charge is 2.17. The van der Waals surface area contributed by atoms with Gasteiger partial charge in [-0.1, -0.05) is 16.8 Å². The Balaban J connectivity index is 2.14. The number of aromatic nitrogens is 3. The molecule has 0 radical (unpaired) electrons. The van der Waals surface area contributed by atoms with Crippen molar-refractivity contribution in [3.05, 3.63) is 47.6 Å². The highest BCUT2D eigenvalue weighted by atomic mass is 35.5. The second-order valence-electron chi connectivity index (χ2n) is 4.92. The van der Waals surface area contributed by atoms with Gasteiger partial charge >= 0.3 is 0 Å². The number of halogens is 1. The van der Waals surface area contributed by atoms with Crippen LogP contribution in [0.25, 0.3) is 16.9 Å². The van der Waals surface area contributed by atoms with Gasteiger partial charge in [-0.3, -0.25) is 0 Å². The molecule has 0 aliphatic carbocycles. The maximum Gasteiger partial charge on any atom is 0.203 e. The average molecular weight is 346 g/mol. The van der Waals surface area contributed by atoms with E-state index in [0.29, 0.717) is 22.3 Å². The van der Waals surface area contributed by atoms with Crippen LogP contribution in [0.1, 0.15) is 0 Å². The fourth-order valence-electron chi connectivity index (χ4n) is 2.43. The van der Waals surface area contributed by atoms with Gasteiger partial charge in [0.2, 0.25) is 5.75 Å². The first-order chi connectivity index (χ1) is 11.7. The summed E-state index contributed by atoms with van der Waals surface area (Å²) in [4.78, 5) is 0. The first kappa shape index (κ1) is 16.1. The monoisotopic (exact) mass is 345 g/mol. The molecular weight excluding hydrogens is 330 g/mol. The van der Waals surface area contributed by atoms with E-state index in [0.717, 1.165) is 16.9 Å². The van der Waals surface area contributed by atoms with Crippen molar-refractivity contribution in [1.29, 1.82) is 0 Å². The molecule has 6 nitrogen and oxygen atoms in total. The van der Waals surface area contributed by atoms with E-state index in [1.807, 2.05) is 24.3 Å². The van der Waals surface area contributed by atoms with Gasteiger partial charge in [0.05, 0.1) is 38.9 Å². The summed E-state index contributed by atoms with van der Waals surface area (Å²) in [5.74, 6) is 1.67. The van der Waals surface area contributed by atoms with Crippen LogP contribution in [-0.2, 0) is 0 Å². The summed E-state index contributed by atoms with van der Waals surface area (Å²) in [7, 11) is 4.73. The molecule has 0 spiro atoms. The van der Waals surface area contributed by atoms with E-state index in [2.05, 4.69) is 10.3 Å². The number of rotatable bonds is 5. The lowest BCUT2D eigenvalue weighted by molar-refractivity contribution is 0.324. The second kappa shape index (κ2) is 6.80. The van der Waals surface area contributed by atoms with E-state index in [1.54, 1.807) is 44.3 Å². The van der Waals surface area contributed by atoms with Crippen LogP contribution in [0.4, 0.5) is 0 Å². The SMILES string of the molecule is COc1cc(-c2cnnn2-c2ccc(Cl)cc2)cc(OC)c1OC. The molecule has 0 fully saturated rings. The molecule has 0 bridgehead atoms. The maximum atomic E-state index is 5.95. The molecule has 0 aliphatic rings. The lowest BCUT2D eigenvalue weighted by Gasteiger charge is -2.14. The number of benzene rings is 2.